The fourth-order valence-corrected chi connectivity index (χ4v) is 1.99. The lowest BCUT2D eigenvalue weighted by Gasteiger charge is -2.11. The second-order valence-corrected chi connectivity index (χ2v) is 4.98. The molecule has 0 N–H and O–H groups in total. The van der Waals surface area contributed by atoms with Crippen LogP contribution in [-0.2, 0) is 6.61 Å². The Bertz CT molecular complexity index is 525. The summed E-state index contributed by atoms with van der Waals surface area (Å²) >= 11 is 5.98. The number of benzene rings is 1. The maximum atomic E-state index is 5.98. The standard InChI is InChI=1S/C16H18ClNO/c1-3-12(2)13-6-8-15(9-7-13)19-11-14-5-4-10-18-16(14)17/h4-10,12H,3,11H2,1-2H3. The van der Waals surface area contributed by atoms with Crippen LogP contribution in [0.3, 0.4) is 0 Å². The molecule has 2 nitrogen and oxygen atoms in total. The molecule has 1 heterocycles. The fourth-order valence-electron chi connectivity index (χ4n) is 1.82. The van der Waals surface area contributed by atoms with E-state index in [1.54, 1.807) is 6.20 Å². The number of nitrogens with zero attached hydrogens (tertiary/aromatic N) is 1. The molecule has 1 atom stereocenters. The van der Waals surface area contributed by atoms with E-state index in [0.29, 0.717) is 17.7 Å². The van der Waals surface area contributed by atoms with Crippen molar-refractivity contribution >= 4 is 11.6 Å². The molecule has 3 heteroatoms. The smallest absolute Gasteiger partial charge is 0.135 e. The Kier molecular flexibility index (Phi) is 4.80. The van der Waals surface area contributed by atoms with Gasteiger partial charge in [0, 0.05) is 11.8 Å². The van der Waals surface area contributed by atoms with Gasteiger partial charge in [0.25, 0.3) is 0 Å². The van der Waals surface area contributed by atoms with E-state index in [-0.39, 0.29) is 0 Å². The van der Waals surface area contributed by atoms with Crippen molar-refractivity contribution in [3.8, 4) is 5.75 Å². The van der Waals surface area contributed by atoms with E-state index < -0.39 is 0 Å². The molecule has 0 aliphatic carbocycles. The van der Waals surface area contributed by atoms with Crippen LogP contribution in [-0.4, -0.2) is 4.98 Å². The van der Waals surface area contributed by atoms with Gasteiger partial charge in [0.15, 0.2) is 0 Å². The van der Waals surface area contributed by atoms with Gasteiger partial charge in [-0.05, 0) is 36.1 Å². The van der Waals surface area contributed by atoms with Gasteiger partial charge in [0.05, 0.1) is 0 Å². The summed E-state index contributed by atoms with van der Waals surface area (Å²) in [6, 6.07) is 12.0. The van der Waals surface area contributed by atoms with Gasteiger partial charge < -0.3 is 4.74 Å². The van der Waals surface area contributed by atoms with Gasteiger partial charge in [-0.15, -0.1) is 0 Å². The Hall–Kier alpha value is -1.54. The summed E-state index contributed by atoms with van der Waals surface area (Å²) in [5.74, 6) is 1.44. The molecule has 1 unspecified atom stereocenters. The summed E-state index contributed by atoms with van der Waals surface area (Å²) < 4.78 is 5.72. The Morgan fingerprint density at radius 2 is 1.95 bits per heavy atom. The van der Waals surface area contributed by atoms with Gasteiger partial charge in [0.1, 0.15) is 17.5 Å². The highest BCUT2D eigenvalue weighted by Crippen LogP contribution is 2.22. The Labute approximate surface area is 119 Å². The highest BCUT2D eigenvalue weighted by molar-refractivity contribution is 6.30. The molecule has 0 fully saturated rings. The van der Waals surface area contributed by atoms with Crippen molar-refractivity contribution < 1.29 is 4.74 Å². The molecule has 0 spiro atoms. The van der Waals surface area contributed by atoms with Crippen molar-refractivity contribution in [2.75, 3.05) is 0 Å². The lowest BCUT2D eigenvalue weighted by atomic mass is 9.99. The number of aromatic nitrogens is 1. The number of hydrogen-bond donors (Lipinski definition) is 0. The van der Waals surface area contributed by atoms with Crippen LogP contribution in [0.25, 0.3) is 0 Å². The second kappa shape index (κ2) is 6.58. The van der Waals surface area contributed by atoms with Gasteiger partial charge in [-0.3, -0.25) is 0 Å². The first-order valence-electron chi connectivity index (χ1n) is 6.53. The second-order valence-electron chi connectivity index (χ2n) is 4.62. The van der Waals surface area contributed by atoms with Crippen LogP contribution in [0.1, 0.15) is 37.3 Å². The van der Waals surface area contributed by atoms with Gasteiger partial charge in [-0.1, -0.05) is 43.6 Å². The molecule has 0 amide bonds. The summed E-state index contributed by atoms with van der Waals surface area (Å²) in [6.07, 6.45) is 2.82. The molecule has 100 valence electrons. The van der Waals surface area contributed by atoms with Crippen molar-refractivity contribution in [2.45, 2.75) is 32.8 Å². The van der Waals surface area contributed by atoms with Crippen LogP contribution in [0.5, 0.6) is 5.75 Å². The van der Waals surface area contributed by atoms with Gasteiger partial charge in [-0.25, -0.2) is 4.98 Å². The van der Waals surface area contributed by atoms with Crippen molar-refractivity contribution in [3.05, 3.63) is 58.9 Å². The highest BCUT2D eigenvalue weighted by atomic mass is 35.5. The summed E-state index contributed by atoms with van der Waals surface area (Å²) in [5, 5.41) is 0.499. The molecule has 1 aromatic carbocycles. The number of ether oxygens (including phenoxy) is 1. The van der Waals surface area contributed by atoms with Crippen LogP contribution in [0.4, 0.5) is 0 Å². The molecule has 2 aromatic rings. The van der Waals surface area contributed by atoms with Gasteiger partial charge in [-0.2, -0.15) is 0 Å². The minimum atomic E-state index is 0.440. The van der Waals surface area contributed by atoms with E-state index >= 15 is 0 Å². The number of halogens is 1. The highest BCUT2D eigenvalue weighted by Gasteiger charge is 2.04. The third-order valence-electron chi connectivity index (χ3n) is 3.29. The third-order valence-corrected chi connectivity index (χ3v) is 3.63. The van der Waals surface area contributed by atoms with Gasteiger partial charge >= 0.3 is 0 Å². The summed E-state index contributed by atoms with van der Waals surface area (Å²) in [4.78, 5) is 4.03. The molecule has 1 aromatic heterocycles. The maximum absolute atomic E-state index is 5.98. The molecule has 0 saturated heterocycles. The van der Waals surface area contributed by atoms with Crippen molar-refractivity contribution in [1.82, 2.24) is 4.98 Å². The van der Waals surface area contributed by atoms with Crippen LogP contribution >= 0.6 is 11.6 Å². The van der Waals surface area contributed by atoms with Crippen LogP contribution in [0.2, 0.25) is 5.15 Å². The quantitative estimate of drug-likeness (QED) is 0.729. The third kappa shape index (κ3) is 3.71. The van der Waals surface area contributed by atoms with Crippen molar-refractivity contribution in [1.29, 1.82) is 0 Å². The fraction of sp³-hybridized carbons (Fsp3) is 0.312. The zero-order valence-electron chi connectivity index (χ0n) is 11.3. The lowest BCUT2D eigenvalue weighted by Crippen LogP contribution is -1.98. The zero-order chi connectivity index (χ0) is 13.7. The normalized spacial score (nSPS) is 12.2. The first-order chi connectivity index (χ1) is 9.20. The summed E-state index contributed by atoms with van der Waals surface area (Å²) in [6.45, 7) is 4.86. The molecular formula is C16H18ClNO. The Morgan fingerprint density at radius 1 is 1.21 bits per heavy atom. The van der Waals surface area contributed by atoms with Crippen LogP contribution < -0.4 is 4.74 Å². The van der Waals surface area contributed by atoms with Crippen molar-refractivity contribution in [3.63, 3.8) is 0 Å². The minimum Gasteiger partial charge on any atom is -0.489 e. The van der Waals surface area contributed by atoms with E-state index in [2.05, 4.69) is 31.0 Å². The zero-order valence-corrected chi connectivity index (χ0v) is 12.0. The van der Waals surface area contributed by atoms with Crippen LogP contribution in [0.15, 0.2) is 42.6 Å². The molecule has 2 rings (SSSR count). The molecule has 0 aliphatic heterocycles. The van der Waals surface area contributed by atoms with Gasteiger partial charge in [0.2, 0.25) is 0 Å². The number of pyridine rings is 1. The molecule has 0 bridgehead atoms. The Morgan fingerprint density at radius 3 is 2.58 bits per heavy atom. The van der Waals surface area contributed by atoms with Crippen molar-refractivity contribution in [2.24, 2.45) is 0 Å². The molecule has 0 aliphatic rings. The lowest BCUT2D eigenvalue weighted by molar-refractivity contribution is 0.305. The topological polar surface area (TPSA) is 22.1 Å². The first-order valence-corrected chi connectivity index (χ1v) is 6.90. The molecule has 0 saturated carbocycles. The predicted octanol–water partition coefficient (Wildman–Crippen LogP) is 4.83. The largest absolute Gasteiger partial charge is 0.489 e. The summed E-state index contributed by atoms with van der Waals surface area (Å²) in [5.41, 5.74) is 2.24. The predicted molar refractivity (Wildman–Crippen MR) is 78.7 cm³/mol. The molecular weight excluding hydrogens is 258 g/mol. The van der Waals surface area contributed by atoms with E-state index in [0.717, 1.165) is 17.7 Å². The molecule has 19 heavy (non-hydrogen) atoms. The minimum absolute atomic E-state index is 0.440. The Balaban J connectivity index is 1.99. The SMILES string of the molecule is CCC(C)c1ccc(OCc2cccnc2Cl)cc1. The summed E-state index contributed by atoms with van der Waals surface area (Å²) in [7, 11) is 0. The molecule has 0 radical (unpaired) electrons. The van der Waals surface area contributed by atoms with E-state index in [4.69, 9.17) is 16.3 Å². The van der Waals surface area contributed by atoms with E-state index in [1.165, 1.54) is 5.56 Å². The van der Waals surface area contributed by atoms with E-state index in [9.17, 15) is 0 Å². The average molecular weight is 276 g/mol. The number of rotatable bonds is 5. The monoisotopic (exact) mass is 275 g/mol. The maximum Gasteiger partial charge on any atom is 0.135 e. The average Bonchev–Trinajstić information content (AvgIpc) is 2.46. The first kappa shape index (κ1) is 13.9. The van der Waals surface area contributed by atoms with E-state index in [1.807, 2.05) is 24.3 Å². The van der Waals surface area contributed by atoms with Crippen LogP contribution in [0, 0.1) is 0 Å². The number of hydrogen-bond acceptors (Lipinski definition) is 2.